The molecule has 0 spiro atoms. The van der Waals surface area contributed by atoms with E-state index in [4.69, 9.17) is 4.74 Å². The predicted molar refractivity (Wildman–Crippen MR) is 66.3 cm³/mol. The Morgan fingerprint density at radius 2 is 2.50 bits per heavy atom. The largest absolute Gasteiger partial charge is 0.477 e. The molecule has 0 saturated carbocycles. The highest BCUT2D eigenvalue weighted by Gasteiger charge is 2.55. The summed E-state index contributed by atoms with van der Waals surface area (Å²) in [6.45, 7) is 2.11. The van der Waals surface area contributed by atoms with Gasteiger partial charge in [0.15, 0.2) is 0 Å². The second kappa shape index (κ2) is 3.68. The van der Waals surface area contributed by atoms with Crippen molar-refractivity contribution in [1.82, 2.24) is 9.88 Å². The Bertz CT molecular complexity index is 479. The van der Waals surface area contributed by atoms with Crippen molar-refractivity contribution in [3.63, 3.8) is 0 Å². The zero-order chi connectivity index (χ0) is 12.2. The predicted octanol–water partition coefficient (Wildman–Crippen LogP) is 1.36. The van der Waals surface area contributed by atoms with Gasteiger partial charge in [0.1, 0.15) is 0 Å². The summed E-state index contributed by atoms with van der Waals surface area (Å²) in [6, 6.07) is 4.52. The minimum absolute atomic E-state index is 0.0101. The van der Waals surface area contributed by atoms with E-state index in [9.17, 15) is 5.11 Å². The SMILES string of the molecule is OC[C@@]12CCCN1[C@@H]1c3cccnc3OC[C@@H]1C2. The van der Waals surface area contributed by atoms with Crippen molar-refractivity contribution in [3.05, 3.63) is 23.9 Å². The van der Waals surface area contributed by atoms with E-state index in [1.165, 1.54) is 12.0 Å². The van der Waals surface area contributed by atoms with Crippen molar-refractivity contribution in [1.29, 1.82) is 0 Å². The molecule has 3 atom stereocenters. The van der Waals surface area contributed by atoms with Crippen molar-refractivity contribution in [3.8, 4) is 5.88 Å². The number of aliphatic hydroxyl groups is 1. The maximum absolute atomic E-state index is 9.82. The van der Waals surface area contributed by atoms with E-state index < -0.39 is 0 Å². The van der Waals surface area contributed by atoms with E-state index in [0.717, 1.165) is 31.9 Å². The van der Waals surface area contributed by atoms with Crippen molar-refractivity contribution in [2.75, 3.05) is 19.8 Å². The van der Waals surface area contributed by atoms with Gasteiger partial charge in [-0.2, -0.15) is 0 Å². The number of aliphatic hydroxyl groups excluding tert-OH is 1. The Balaban J connectivity index is 1.80. The summed E-state index contributed by atoms with van der Waals surface area (Å²) >= 11 is 0. The fourth-order valence-corrected chi connectivity index (χ4v) is 4.21. The zero-order valence-corrected chi connectivity index (χ0v) is 10.4. The van der Waals surface area contributed by atoms with Gasteiger partial charge in [0.2, 0.25) is 5.88 Å². The number of nitrogens with zero attached hydrogens (tertiary/aromatic N) is 2. The molecule has 0 amide bonds. The van der Waals surface area contributed by atoms with E-state index >= 15 is 0 Å². The molecule has 0 bridgehead atoms. The summed E-state index contributed by atoms with van der Waals surface area (Å²) in [5.41, 5.74) is 1.22. The van der Waals surface area contributed by atoms with Crippen LogP contribution in [0.5, 0.6) is 5.88 Å². The lowest BCUT2D eigenvalue weighted by Crippen LogP contribution is -2.42. The lowest BCUT2D eigenvalue weighted by molar-refractivity contribution is 0.0714. The highest BCUT2D eigenvalue weighted by atomic mass is 16.5. The molecule has 4 rings (SSSR count). The summed E-state index contributed by atoms with van der Waals surface area (Å²) in [7, 11) is 0. The molecule has 0 aromatic carbocycles. The first-order valence-corrected chi connectivity index (χ1v) is 6.79. The summed E-state index contributed by atoms with van der Waals surface area (Å²) in [5.74, 6) is 1.30. The molecule has 0 aliphatic carbocycles. The topological polar surface area (TPSA) is 45.6 Å². The number of aromatic nitrogens is 1. The Morgan fingerprint density at radius 1 is 1.56 bits per heavy atom. The molecule has 2 saturated heterocycles. The van der Waals surface area contributed by atoms with E-state index in [1.807, 2.05) is 6.07 Å². The van der Waals surface area contributed by atoms with Gasteiger partial charge < -0.3 is 9.84 Å². The third-order valence-electron chi connectivity index (χ3n) is 4.92. The first-order valence-electron chi connectivity index (χ1n) is 6.79. The third kappa shape index (κ3) is 1.25. The van der Waals surface area contributed by atoms with Gasteiger partial charge in [0.05, 0.1) is 13.2 Å². The number of hydrogen-bond donors (Lipinski definition) is 1. The average molecular weight is 246 g/mol. The van der Waals surface area contributed by atoms with Crippen molar-refractivity contribution in [2.45, 2.75) is 30.8 Å². The average Bonchev–Trinajstić information content (AvgIpc) is 2.94. The first kappa shape index (κ1) is 10.8. The van der Waals surface area contributed by atoms with Gasteiger partial charge in [-0.25, -0.2) is 4.98 Å². The summed E-state index contributed by atoms with van der Waals surface area (Å²) < 4.78 is 5.77. The maximum atomic E-state index is 9.82. The van der Waals surface area contributed by atoms with Gasteiger partial charge >= 0.3 is 0 Å². The van der Waals surface area contributed by atoms with Crippen LogP contribution in [-0.4, -0.2) is 40.3 Å². The molecular formula is C14H18N2O2. The smallest absolute Gasteiger partial charge is 0.218 e. The van der Waals surface area contributed by atoms with Crippen LogP contribution >= 0.6 is 0 Å². The quantitative estimate of drug-likeness (QED) is 0.812. The molecule has 4 heterocycles. The van der Waals surface area contributed by atoms with Crippen LogP contribution in [0.2, 0.25) is 0 Å². The molecule has 1 aromatic heterocycles. The summed E-state index contributed by atoms with van der Waals surface area (Å²) in [5, 5.41) is 9.82. The summed E-state index contributed by atoms with van der Waals surface area (Å²) in [4.78, 5) is 6.85. The van der Waals surface area contributed by atoms with E-state index in [0.29, 0.717) is 12.0 Å². The third-order valence-corrected chi connectivity index (χ3v) is 4.92. The lowest BCUT2D eigenvalue weighted by Gasteiger charge is -2.35. The van der Waals surface area contributed by atoms with E-state index in [1.54, 1.807) is 6.20 Å². The minimum Gasteiger partial charge on any atom is -0.477 e. The highest BCUT2D eigenvalue weighted by molar-refractivity contribution is 5.34. The van der Waals surface area contributed by atoms with Crippen molar-refractivity contribution in [2.24, 2.45) is 5.92 Å². The standard InChI is InChI=1S/C14H18N2O2/c17-9-14-4-2-6-16(14)12-10(7-14)8-18-13-11(12)3-1-5-15-13/h1,3,5,10,12,17H,2,4,6-9H2/t10-,12-,14-/m0/s1. The Labute approximate surface area is 107 Å². The fraction of sp³-hybridized carbons (Fsp3) is 0.643. The molecule has 4 nitrogen and oxygen atoms in total. The highest BCUT2D eigenvalue weighted by Crippen LogP contribution is 2.54. The molecule has 1 N–H and O–H groups in total. The molecule has 96 valence electrons. The number of fused-ring (bicyclic) bond motifs is 5. The van der Waals surface area contributed by atoms with Crippen LogP contribution in [0.1, 0.15) is 30.9 Å². The second-order valence-corrected chi connectivity index (χ2v) is 5.80. The van der Waals surface area contributed by atoms with E-state index in [-0.39, 0.29) is 12.1 Å². The molecule has 2 fully saturated rings. The molecule has 0 unspecified atom stereocenters. The second-order valence-electron chi connectivity index (χ2n) is 5.80. The molecule has 3 aliphatic heterocycles. The first-order chi connectivity index (χ1) is 8.84. The maximum Gasteiger partial charge on any atom is 0.218 e. The number of rotatable bonds is 1. The van der Waals surface area contributed by atoms with Gasteiger partial charge in [-0.1, -0.05) is 6.07 Å². The van der Waals surface area contributed by atoms with Crippen LogP contribution in [0, 0.1) is 5.92 Å². The van der Waals surface area contributed by atoms with Crippen LogP contribution in [-0.2, 0) is 0 Å². The van der Waals surface area contributed by atoms with Gasteiger partial charge in [-0.15, -0.1) is 0 Å². The Hall–Kier alpha value is -1.13. The fourth-order valence-electron chi connectivity index (χ4n) is 4.21. The van der Waals surface area contributed by atoms with Gasteiger partial charge in [0.25, 0.3) is 0 Å². The van der Waals surface area contributed by atoms with Gasteiger partial charge in [-0.05, 0) is 31.9 Å². The van der Waals surface area contributed by atoms with Crippen LogP contribution in [0.25, 0.3) is 0 Å². The molecule has 1 aromatic rings. The number of hydrogen-bond acceptors (Lipinski definition) is 4. The van der Waals surface area contributed by atoms with Crippen LogP contribution in [0.15, 0.2) is 18.3 Å². The van der Waals surface area contributed by atoms with Crippen LogP contribution in [0.4, 0.5) is 0 Å². The van der Waals surface area contributed by atoms with Crippen LogP contribution in [0.3, 0.4) is 0 Å². The van der Waals surface area contributed by atoms with Crippen molar-refractivity contribution >= 4 is 0 Å². The lowest BCUT2D eigenvalue weighted by atomic mass is 9.87. The Kier molecular flexibility index (Phi) is 2.20. The van der Waals surface area contributed by atoms with Gasteiger partial charge in [-0.3, -0.25) is 4.90 Å². The minimum atomic E-state index is 0.0101. The molecule has 4 heteroatoms. The summed E-state index contributed by atoms with van der Waals surface area (Å²) in [6.07, 6.45) is 5.16. The molecule has 3 aliphatic rings. The zero-order valence-electron chi connectivity index (χ0n) is 10.4. The molecule has 18 heavy (non-hydrogen) atoms. The molecule has 0 radical (unpaired) electrons. The number of pyridine rings is 1. The monoisotopic (exact) mass is 246 g/mol. The Morgan fingerprint density at radius 3 is 3.39 bits per heavy atom. The van der Waals surface area contributed by atoms with Crippen molar-refractivity contribution < 1.29 is 9.84 Å². The molecular weight excluding hydrogens is 228 g/mol. The normalized spacial score (nSPS) is 37.8. The van der Waals surface area contributed by atoms with Crippen LogP contribution < -0.4 is 4.74 Å². The van der Waals surface area contributed by atoms with E-state index in [2.05, 4.69) is 16.0 Å². The number of ether oxygens (including phenoxy) is 1. The van der Waals surface area contributed by atoms with Gasteiger partial charge in [0, 0.05) is 29.3 Å².